The van der Waals surface area contributed by atoms with Crippen molar-refractivity contribution in [3.05, 3.63) is 52.5 Å². The second-order valence-corrected chi connectivity index (χ2v) is 7.29. The maximum atomic E-state index is 12.2. The topological polar surface area (TPSA) is 74.5 Å². The first kappa shape index (κ1) is 17.1. The van der Waals surface area contributed by atoms with Gasteiger partial charge in [-0.05, 0) is 30.3 Å². The van der Waals surface area contributed by atoms with Crippen molar-refractivity contribution in [2.24, 2.45) is 0 Å². The number of carbonyl (C=O) groups is 1. The Morgan fingerprint density at radius 1 is 1.04 bits per heavy atom. The molecule has 6 nitrogen and oxygen atoms in total. The molecule has 4 rings (SSSR count). The molecule has 8 heteroatoms. The van der Waals surface area contributed by atoms with Crippen LogP contribution in [0.25, 0.3) is 11.5 Å². The van der Waals surface area contributed by atoms with Crippen LogP contribution in [0.4, 0.5) is 0 Å². The number of aromatic nitrogens is 2. The lowest BCUT2D eigenvalue weighted by Crippen LogP contribution is -2.15. The molecular weight excluding hydrogens is 420 g/mol. The van der Waals surface area contributed by atoms with Gasteiger partial charge in [0.2, 0.25) is 5.89 Å². The molecule has 132 valence electrons. The van der Waals surface area contributed by atoms with Gasteiger partial charge in [0.15, 0.2) is 17.3 Å². The number of Topliss-reactive ketones (excluding diaryl/α,β-unsaturated/α-hetero) is 1. The Balaban J connectivity index is 1.43. The first-order chi connectivity index (χ1) is 12.7. The van der Waals surface area contributed by atoms with Gasteiger partial charge in [-0.3, -0.25) is 4.79 Å². The molecule has 0 saturated heterocycles. The maximum Gasteiger partial charge on any atom is 0.277 e. The lowest BCUT2D eigenvalue weighted by molar-refractivity contribution is 0.102. The zero-order chi connectivity index (χ0) is 17.9. The van der Waals surface area contributed by atoms with Crippen molar-refractivity contribution in [2.75, 3.05) is 19.0 Å². The highest BCUT2D eigenvalue weighted by Gasteiger charge is 2.16. The van der Waals surface area contributed by atoms with Gasteiger partial charge in [-0.2, -0.15) is 0 Å². The number of hydrogen-bond donors (Lipinski definition) is 0. The molecule has 2 heterocycles. The van der Waals surface area contributed by atoms with Gasteiger partial charge in [0.1, 0.15) is 13.2 Å². The second-order valence-electron chi connectivity index (χ2n) is 5.45. The van der Waals surface area contributed by atoms with Crippen molar-refractivity contribution in [3.63, 3.8) is 0 Å². The Morgan fingerprint density at radius 3 is 2.62 bits per heavy atom. The van der Waals surface area contributed by atoms with Crippen LogP contribution in [-0.4, -0.2) is 34.9 Å². The Bertz CT molecular complexity index is 943. The quantitative estimate of drug-likeness (QED) is 0.440. The van der Waals surface area contributed by atoms with Crippen molar-refractivity contribution in [1.82, 2.24) is 10.2 Å². The molecule has 1 aliphatic heterocycles. The summed E-state index contributed by atoms with van der Waals surface area (Å²) >= 11 is 4.57. The standard InChI is InChI=1S/C18H13BrN2O4S/c19-13-4-1-11(2-5-13)14(22)10-26-18-21-20-17(25-18)12-3-6-15-16(9-12)24-8-7-23-15/h1-6,9H,7-8,10H2. The summed E-state index contributed by atoms with van der Waals surface area (Å²) in [5.41, 5.74) is 1.39. The average Bonchev–Trinajstić information content (AvgIpc) is 3.15. The van der Waals surface area contributed by atoms with Gasteiger partial charge in [0, 0.05) is 15.6 Å². The minimum atomic E-state index is 0.00146. The molecule has 0 radical (unpaired) electrons. The molecule has 1 aliphatic rings. The Labute approximate surface area is 162 Å². The van der Waals surface area contributed by atoms with Crippen LogP contribution in [-0.2, 0) is 0 Å². The van der Waals surface area contributed by atoms with E-state index in [2.05, 4.69) is 26.1 Å². The molecule has 0 fully saturated rings. The lowest BCUT2D eigenvalue weighted by atomic mass is 10.2. The smallest absolute Gasteiger partial charge is 0.277 e. The van der Waals surface area contributed by atoms with Gasteiger partial charge >= 0.3 is 0 Å². The SMILES string of the molecule is O=C(CSc1nnc(-c2ccc3c(c2)OCCO3)o1)c1ccc(Br)cc1. The summed E-state index contributed by atoms with van der Waals surface area (Å²) in [6.45, 7) is 1.06. The van der Waals surface area contributed by atoms with E-state index in [1.165, 1.54) is 11.8 Å². The summed E-state index contributed by atoms with van der Waals surface area (Å²) in [6.07, 6.45) is 0. The van der Waals surface area contributed by atoms with E-state index in [9.17, 15) is 4.79 Å². The van der Waals surface area contributed by atoms with Gasteiger partial charge in [-0.25, -0.2) is 0 Å². The summed E-state index contributed by atoms with van der Waals surface area (Å²) in [5.74, 6) is 1.97. The second kappa shape index (κ2) is 7.51. The Hall–Kier alpha value is -2.32. The van der Waals surface area contributed by atoms with Crippen molar-refractivity contribution < 1.29 is 18.7 Å². The number of thioether (sulfide) groups is 1. The van der Waals surface area contributed by atoms with E-state index in [-0.39, 0.29) is 11.5 Å². The summed E-state index contributed by atoms with van der Waals surface area (Å²) in [5, 5.41) is 8.39. The molecule has 0 atom stereocenters. The largest absolute Gasteiger partial charge is 0.486 e. The van der Waals surface area contributed by atoms with E-state index in [0.717, 1.165) is 10.0 Å². The molecule has 0 unspecified atom stereocenters. The lowest BCUT2D eigenvalue weighted by Gasteiger charge is -2.18. The fourth-order valence-corrected chi connectivity index (χ4v) is 3.33. The average molecular weight is 433 g/mol. The summed E-state index contributed by atoms with van der Waals surface area (Å²) < 4.78 is 17.6. The van der Waals surface area contributed by atoms with E-state index in [1.54, 1.807) is 12.1 Å². The van der Waals surface area contributed by atoms with Crippen molar-refractivity contribution in [2.45, 2.75) is 5.22 Å². The molecule has 0 bridgehead atoms. The number of benzene rings is 2. The maximum absolute atomic E-state index is 12.2. The van der Waals surface area contributed by atoms with E-state index in [4.69, 9.17) is 13.9 Å². The Morgan fingerprint density at radius 2 is 1.81 bits per heavy atom. The van der Waals surface area contributed by atoms with Gasteiger partial charge in [0.05, 0.1) is 5.75 Å². The molecule has 2 aromatic carbocycles. The van der Waals surface area contributed by atoms with E-state index in [1.807, 2.05) is 30.3 Å². The molecule has 0 amide bonds. The fraction of sp³-hybridized carbons (Fsp3) is 0.167. The van der Waals surface area contributed by atoms with Crippen LogP contribution in [0.1, 0.15) is 10.4 Å². The van der Waals surface area contributed by atoms with Crippen LogP contribution in [0.2, 0.25) is 0 Å². The van der Waals surface area contributed by atoms with Crippen LogP contribution in [0, 0.1) is 0 Å². The molecular formula is C18H13BrN2O4S. The van der Waals surface area contributed by atoms with Gasteiger partial charge in [0.25, 0.3) is 5.22 Å². The van der Waals surface area contributed by atoms with E-state index in [0.29, 0.717) is 41.4 Å². The summed E-state index contributed by atoms with van der Waals surface area (Å²) in [7, 11) is 0. The van der Waals surface area contributed by atoms with Crippen molar-refractivity contribution in [1.29, 1.82) is 0 Å². The highest BCUT2D eigenvalue weighted by atomic mass is 79.9. The molecule has 26 heavy (non-hydrogen) atoms. The molecule has 0 N–H and O–H groups in total. The number of nitrogens with zero attached hydrogens (tertiary/aromatic N) is 2. The summed E-state index contributed by atoms with van der Waals surface area (Å²) in [6, 6.07) is 12.7. The Kier molecular flexibility index (Phi) is 4.94. The van der Waals surface area contributed by atoms with Gasteiger partial charge < -0.3 is 13.9 Å². The third-order valence-electron chi connectivity index (χ3n) is 3.69. The highest BCUT2D eigenvalue weighted by Crippen LogP contribution is 2.34. The number of ether oxygens (including phenoxy) is 2. The number of ketones is 1. The predicted octanol–water partition coefficient (Wildman–Crippen LogP) is 4.25. The van der Waals surface area contributed by atoms with Gasteiger partial charge in [-0.1, -0.05) is 39.8 Å². The molecule has 3 aromatic rings. The van der Waals surface area contributed by atoms with E-state index < -0.39 is 0 Å². The fourth-order valence-electron chi connectivity index (χ4n) is 2.41. The minimum Gasteiger partial charge on any atom is -0.486 e. The van der Waals surface area contributed by atoms with Crippen molar-refractivity contribution >= 4 is 33.5 Å². The molecule has 1 aromatic heterocycles. The number of hydrogen-bond acceptors (Lipinski definition) is 7. The van der Waals surface area contributed by atoms with Crippen LogP contribution >= 0.6 is 27.7 Å². The molecule has 0 saturated carbocycles. The number of fused-ring (bicyclic) bond motifs is 1. The monoisotopic (exact) mass is 432 g/mol. The van der Waals surface area contributed by atoms with Crippen LogP contribution in [0.5, 0.6) is 11.5 Å². The third-order valence-corrected chi connectivity index (χ3v) is 5.04. The normalized spacial score (nSPS) is 12.8. The molecule has 0 aliphatic carbocycles. The van der Waals surface area contributed by atoms with E-state index >= 15 is 0 Å². The number of rotatable bonds is 5. The first-order valence-corrected chi connectivity index (χ1v) is 9.62. The highest BCUT2D eigenvalue weighted by molar-refractivity contribution is 9.10. The summed E-state index contributed by atoms with van der Waals surface area (Å²) in [4.78, 5) is 12.2. The van der Waals surface area contributed by atoms with Crippen LogP contribution < -0.4 is 9.47 Å². The number of halogens is 1. The van der Waals surface area contributed by atoms with Crippen LogP contribution in [0.3, 0.4) is 0 Å². The molecule has 0 spiro atoms. The third kappa shape index (κ3) is 3.76. The van der Waals surface area contributed by atoms with Crippen molar-refractivity contribution in [3.8, 4) is 23.0 Å². The zero-order valence-corrected chi connectivity index (χ0v) is 15.9. The first-order valence-electron chi connectivity index (χ1n) is 7.84. The minimum absolute atomic E-state index is 0.00146. The predicted molar refractivity (Wildman–Crippen MR) is 99.9 cm³/mol. The van der Waals surface area contributed by atoms with Gasteiger partial charge in [-0.15, -0.1) is 10.2 Å². The van der Waals surface area contributed by atoms with Crippen LogP contribution in [0.15, 0.2) is 56.6 Å². The zero-order valence-electron chi connectivity index (χ0n) is 13.5. The number of carbonyl (C=O) groups excluding carboxylic acids is 1.